The second kappa shape index (κ2) is 6.25. The van der Waals surface area contributed by atoms with Crippen molar-refractivity contribution < 1.29 is 14.7 Å². The molecule has 104 valence electrons. The summed E-state index contributed by atoms with van der Waals surface area (Å²) in [5.74, 6) is -1.53. The van der Waals surface area contributed by atoms with Crippen LogP contribution in [-0.4, -0.2) is 32.6 Å². The van der Waals surface area contributed by atoms with Crippen LogP contribution in [0.15, 0.2) is 30.3 Å². The molecule has 0 aliphatic heterocycles. The Labute approximate surface area is 119 Å². The van der Waals surface area contributed by atoms with Gasteiger partial charge in [-0.2, -0.15) is 0 Å². The molecule has 7 heteroatoms. The Morgan fingerprint density at radius 1 is 1.35 bits per heavy atom. The number of aliphatic carboxylic acids is 1. The fraction of sp³-hybridized carbons (Fsp3) is 0.231. The molecule has 1 atom stereocenters. The molecular formula is C13H13N3O3S. The Balaban J connectivity index is 2.09. The first kappa shape index (κ1) is 14.1. The standard InChI is InChI=1S/C13H13N3O3S/c1-8-11(20-16-15-8)12(17)14-10(13(18)19)7-9-5-3-2-4-6-9/h2-6,10H,7H2,1H3,(H,14,17)(H,18,19)/t10-/m1/s1. The third-order valence-corrected chi connectivity index (χ3v) is 3.57. The van der Waals surface area contributed by atoms with Gasteiger partial charge in [-0.25, -0.2) is 4.79 Å². The SMILES string of the molecule is Cc1nnsc1C(=O)N[C@H](Cc1ccccc1)C(=O)O. The number of hydrogen-bond donors (Lipinski definition) is 2. The van der Waals surface area contributed by atoms with Crippen molar-refractivity contribution in [3.63, 3.8) is 0 Å². The lowest BCUT2D eigenvalue weighted by molar-refractivity contribution is -0.139. The van der Waals surface area contributed by atoms with Gasteiger partial charge in [0.05, 0.1) is 5.69 Å². The molecule has 0 spiro atoms. The fourth-order valence-corrected chi connectivity index (χ4v) is 2.27. The van der Waals surface area contributed by atoms with Crippen molar-refractivity contribution in [3.8, 4) is 0 Å². The Morgan fingerprint density at radius 3 is 2.60 bits per heavy atom. The minimum Gasteiger partial charge on any atom is -0.480 e. The van der Waals surface area contributed by atoms with E-state index in [2.05, 4.69) is 14.9 Å². The summed E-state index contributed by atoms with van der Waals surface area (Å²) in [6, 6.07) is 8.17. The first-order valence-corrected chi connectivity index (χ1v) is 6.72. The molecule has 6 nitrogen and oxygen atoms in total. The van der Waals surface area contributed by atoms with E-state index in [1.165, 1.54) is 0 Å². The summed E-state index contributed by atoms with van der Waals surface area (Å²) in [4.78, 5) is 23.6. The first-order valence-electron chi connectivity index (χ1n) is 5.94. The lowest BCUT2D eigenvalue weighted by atomic mass is 10.1. The average molecular weight is 291 g/mol. The van der Waals surface area contributed by atoms with Crippen LogP contribution in [-0.2, 0) is 11.2 Å². The molecule has 0 bridgehead atoms. The first-order chi connectivity index (χ1) is 9.58. The molecule has 1 heterocycles. The van der Waals surface area contributed by atoms with Crippen molar-refractivity contribution in [1.29, 1.82) is 0 Å². The summed E-state index contributed by atoms with van der Waals surface area (Å²) in [6.07, 6.45) is 0.229. The summed E-state index contributed by atoms with van der Waals surface area (Å²) in [6.45, 7) is 1.66. The second-order valence-corrected chi connectivity index (χ2v) is 5.00. The molecule has 0 saturated carbocycles. The number of carbonyl (C=O) groups excluding carboxylic acids is 1. The van der Waals surface area contributed by atoms with Crippen LogP contribution in [0.5, 0.6) is 0 Å². The molecule has 2 N–H and O–H groups in total. The summed E-state index contributed by atoms with van der Waals surface area (Å²) in [5, 5.41) is 15.4. The molecular weight excluding hydrogens is 278 g/mol. The number of hydrogen-bond acceptors (Lipinski definition) is 5. The van der Waals surface area contributed by atoms with Gasteiger partial charge in [-0.1, -0.05) is 34.8 Å². The van der Waals surface area contributed by atoms with Crippen LogP contribution in [0.2, 0.25) is 0 Å². The third-order valence-electron chi connectivity index (χ3n) is 2.74. The number of benzene rings is 1. The zero-order valence-electron chi connectivity index (χ0n) is 10.7. The monoisotopic (exact) mass is 291 g/mol. The van der Waals surface area contributed by atoms with E-state index < -0.39 is 17.9 Å². The number of nitrogens with one attached hydrogen (secondary N) is 1. The molecule has 1 aromatic heterocycles. The number of rotatable bonds is 5. The maximum absolute atomic E-state index is 12.0. The van der Waals surface area contributed by atoms with Gasteiger partial charge in [-0.15, -0.1) is 5.10 Å². The van der Waals surface area contributed by atoms with Crippen LogP contribution in [0.1, 0.15) is 20.9 Å². The van der Waals surface area contributed by atoms with Crippen LogP contribution in [0.25, 0.3) is 0 Å². The van der Waals surface area contributed by atoms with Gasteiger partial charge in [-0.05, 0) is 24.0 Å². The largest absolute Gasteiger partial charge is 0.480 e. The number of aryl methyl sites for hydroxylation is 1. The van der Waals surface area contributed by atoms with Gasteiger partial charge in [0.1, 0.15) is 10.9 Å². The van der Waals surface area contributed by atoms with Crippen molar-refractivity contribution >= 4 is 23.4 Å². The average Bonchev–Trinajstić information content (AvgIpc) is 2.85. The van der Waals surface area contributed by atoms with E-state index in [4.69, 9.17) is 0 Å². The number of aromatic nitrogens is 2. The van der Waals surface area contributed by atoms with Crippen molar-refractivity contribution in [3.05, 3.63) is 46.5 Å². The Kier molecular flexibility index (Phi) is 4.41. The molecule has 2 aromatic rings. The van der Waals surface area contributed by atoms with Gasteiger partial charge < -0.3 is 10.4 Å². The van der Waals surface area contributed by atoms with E-state index in [-0.39, 0.29) is 6.42 Å². The van der Waals surface area contributed by atoms with E-state index in [1.807, 2.05) is 30.3 Å². The highest BCUT2D eigenvalue weighted by Gasteiger charge is 2.23. The zero-order chi connectivity index (χ0) is 14.5. The Morgan fingerprint density at radius 2 is 2.05 bits per heavy atom. The molecule has 0 radical (unpaired) electrons. The predicted molar refractivity (Wildman–Crippen MR) is 73.7 cm³/mol. The minimum absolute atomic E-state index is 0.229. The highest BCUT2D eigenvalue weighted by atomic mass is 32.1. The summed E-state index contributed by atoms with van der Waals surface area (Å²) >= 11 is 0.952. The summed E-state index contributed by atoms with van der Waals surface area (Å²) in [7, 11) is 0. The van der Waals surface area contributed by atoms with E-state index in [0.717, 1.165) is 17.1 Å². The van der Waals surface area contributed by atoms with Crippen molar-refractivity contribution in [2.45, 2.75) is 19.4 Å². The molecule has 1 aromatic carbocycles. The van der Waals surface area contributed by atoms with Crippen LogP contribution < -0.4 is 5.32 Å². The summed E-state index contributed by atoms with van der Waals surface area (Å²) < 4.78 is 3.66. The number of amides is 1. The topological polar surface area (TPSA) is 92.2 Å². The molecule has 0 unspecified atom stereocenters. The van der Waals surface area contributed by atoms with Crippen molar-refractivity contribution in [2.24, 2.45) is 0 Å². The van der Waals surface area contributed by atoms with Crippen molar-refractivity contribution in [2.75, 3.05) is 0 Å². The molecule has 20 heavy (non-hydrogen) atoms. The van der Waals surface area contributed by atoms with Gasteiger partial charge in [0, 0.05) is 6.42 Å². The number of carboxylic acids is 1. The minimum atomic E-state index is -1.07. The van der Waals surface area contributed by atoms with Crippen LogP contribution >= 0.6 is 11.5 Å². The highest BCUT2D eigenvalue weighted by molar-refractivity contribution is 7.08. The third kappa shape index (κ3) is 3.39. The highest BCUT2D eigenvalue weighted by Crippen LogP contribution is 2.10. The normalized spacial score (nSPS) is 11.8. The van der Waals surface area contributed by atoms with E-state index >= 15 is 0 Å². The van der Waals surface area contributed by atoms with E-state index in [1.54, 1.807) is 6.92 Å². The van der Waals surface area contributed by atoms with E-state index in [9.17, 15) is 14.7 Å². The van der Waals surface area contributed by atoms with Crippen LogP contribution in [0.3, 0.4) is 0 Å². The van der Waals surface area contributed by atoms with E-state index in [0.29, 0.717) is 10.6 Å². The molecule has 0 aliphatic rings. The Hall–Kier alpha value is -2.28. The van der Waals surface area contributed by atoms with Gasteiger partial charge in [-0.3, -0.25) is 4.79 Å². The van der Waals surface area contributed by atoms with Gasteiger partial charge in [0.2, 0.25) is 0 Å². The molecule has 0 aliphatic carbocycles. The lowest BCUT2D eigenvalue weighted by Crippen LogP contribution is -2.42. The van der Waals surface area contributed by atoms with Gasteiger partial charge in [0.25, 0.3) is 5.91 Å². The quantitative estimate of drug-likeness (QED) is 0.865. The van der Waals surface area contributed by atoms with Gasteiger partial charge >= 0.3 is 5.97 Å². The van der Waals surface area contributed by atoms with Crippen LogP contribution in [0, 0.1) is 6.92 Å². The van der Waals surface area contributed by atoms with Crippen molar-refractivity contribution in [1.82, 2.24) is 14.9 Å². The predicted octanol–water partition coefficient (Wildman–Crippen LogP) is 1.27. The second-order valence-electron chi connectivity index (χ2n) is 4.24. The molecule has 0 saturated heterocycles. The fourth-order valence-electron chi connectivity index (χ4n) is 1.71. The molecule has 2 rings (SSSR count). The number of carbonyl (C=O) groups is 2. The van der Waals surface area contributed by atoms with Gasteiger partial charge in [0.15, 0.2) is 0 Å². The van der Waals surface area contributed by atoms with Crippen LogP contribution in [0.4, 0.5) is 0 Å². The Bertz CT molecular complexity index is 612. The maximum atomic E-state index is 12.0. The maximum Gasteiger partial charge on any atom is 0.326 e. The zero-order valence-corrected chi connectivity index (χ0v) is 11.6. The number of carboxylic acid groups (broad SMARTS) is 1. The number of nitrogens with zero attached hydrogens (tertiary/aromatic N) is 2. The lowest BCUT2D eigenvalue weighted by Gasteiger charge is -2.14. The molecule has 0 fully saturated rings. The molecule has 1 amide bonds. The summed E-state index contributed by atoms with van der Waals surface area (Å²) in [5.41, 5.74) is 1.34. The smallest absolute Gasteiger partial charge is 0.326 e.